The van der Waals surface area contributed by atoms with Crippen LogP contribution in [0.1, 0.15) is 5.56 Å². The van der Waals surface area contributed by atoms with Gasteiger partial charge >= 0.3 is 5.76 Å². The van der Waals surface area contributed by atoms with Gasteiger partial charge in [0.05, 0.1) is 0 Å². The fourth-order valence-electron chi connectivity index (χ4n) is 1.32. The Hall–Kier alpha value is -1.55. The van der Waals surface area contributed by atoms with E-state index in [4.69, 9.17) is 4.42 Å². The first-order valence-electron chi connectivity index (χ1n) is 4.94. The van der Waals surface area contributed by atoms with Crippen LogP contribution >= 0.6 is 22.6 Å². The number of hydrogen-bond donors (Lipinski definition) is 0. The van der Waals surface area contributed by atoms with E-state index in [2.05, 4.69) is 14.9 Å². The minimum absolute atomic E-state index is 0.247. The molecule has 0 fully saturated rings. The Bertz CT molecular complexity index is 629. The maximum atomic E-state index is 11.4. The molecule has 0 aliphatic carbocycles. The molecule has 5 heteroatoms. The van der Waals surface area contributed by atoms with Crippen molar-refractivity contribution >= 4 is 22.6 Å². The SMILES string of the molecule is Cc1ccc(-c2nn(CC#CI)c(=O)o2)cc1. The summed E-state index contributed by atoms with van der Waals surface area (Å²) in [5, 5.41) is 4.08. The lowest BCUT2D eigenvalue weighted by Crippen LogP contribution is -2.14. The fraction of sp³-hybridized carbons (Fsp3) is 0.167. The minimum Gasteiger partial charge on any atom is -0.388 e. The number of benzene rings is 1. The first kappa shape index (κ1) is 11.9. The number of rotatable bonds is 2. The molecule has 1 heterocycles. The molecule has 0 unspecified atom stereocenters. The number of hydrogen-bond acceptors (Lipinski definition) is 3. The number of aromatic nitrogens is 2. The van der Waals surface area contributed by atoms with E-state index in [9.17, 15) is 4.79 Å². The maximum absolute atomic E-state index is 11.4. The van der Waals surface area contributed by atoms with E-state index in [1.807, 2.05) is 53.8 Å². The third-order valence-corrected chi connectivity index (χ3v) is 2.58. The third-order valence-electron chi connectivity index (χ3n) is 2.20. The second kappa shape index (κ2) is 5.19. The first-order chi connectivity index (χ1) is 8.20. The molecule has 0 aliphatic heterocycles. The smallest absolute Gasteiger partial charge is 0.388 e. The molecule has 86 valence electrons. The summed E-state index contributed by atoms with van der Waals surface area (Å²) in [5.41, 5.74) is 1.93. The zero-order valence-electron chi connectivity index (χ0n) is 9.11. The van der Waals surface area contributed by atoms with Gasteiger partial charge in [-0.05, 0) is 23.0 Å². The fourth-order valence-corrected chi connectivity index (χ4v) is 1.49. The highest BCUT2D eigenvalue weighted by atomic mass is 127. The summed E-state index contributed by atoms with van der Waals surface area (Å²) >= 11 is 1.91. The van der Waals surface area contributed by atoms with Crippen molar-refractivity contribution in [2.45, 2.75) is 13.5 Å². The molecule has 2 aromatic rings. The van der Waals surface area contributed by atoms with Crippen molar-refractivity contribution in [1.82, 2.24) is 9.78 Å². The van der Waals surface area contributed by atoms with Crippen molar-refractivity contribution in [3.8, 4) is 21.3 Å². The van der Waals surface area contributed by atoms with Crippen molar-refractivity contribution in [3.63, 3.8) is 0 Å². The molecule has 17 heavy (non-hydrogen) atoms. The summed E-state index contributed by atoms with van der Waals surface area (Å²) in [6, 6.07) is 7.63. The molecule has 0 saturated carbocycles. The summed E-state index contributed by atoms with van der Waals surface area (Å²) < 4.78 is 8.95. The van der Waals surface area contributed by atoms with Crippen LogP contribution in [0.2, 0.25) is 0 Å². The molecule has 1 aromatic heterocycles. The van der Waals surface area contributed by atoms with Crippen molar-refractivity contribution in [2.75, 3.05) is 0 Å². The van der Waals surface area contributed by atoms with Crippen LogP contribution in [0.5, 0.6) is 0 Å². The van der Waals surface area contributed by atoms with Crippen molar-refractivity contribution in [3.05, 3.63) is 40.4 Å². The highest BCUT2D eigenvalue weighted by molar-refractivity contribution is 14.1. The highest BCUT2D eigenvalue weighted by Crippen LogP contribution is 2.15. The average Bonchev–Trinajstić information content (AvgIpc) is 2.69. The molecular formula is C12H9IN2O2. The van der Waals surface area contributed by atoms with E-state index in [0.717, 1.165) is 11.1 Å². The summed E-state index contributed by atoms with van der Waals surface area (Å²) in [7, 11) is 0. The van der Waals surface area contributed by atoms with Crippen molar-refractivity contribution in [2.24, 2.45) is 0 Å². The van der Waals surface area contributed by atoms with Gasteiger partial charge in [0.1, 0.15) is 6.54 Å². The van der Waals surface area contributed by atoms with Gasteiger partial charge < -0.3 is 4.42 Å². The first-order valence-corrected chi connectivity index (χ1v) is 6.02. The number of nitrogens with zero attached hydrogens (tertiary/aromatic N) is 2. The van der Waals surface area contributed by atoms with Gasteiger partial charge in [0.15, 0.2) is 0 Å². The minimum atomic E-state index is -0.486. The van der Waals surface area contributed by atoms with E-state index < -0.39 is 5.76 Å². The zero-order valence-corrected chi connectivity index (χ0v) is 11.3. The Morgan fingerprint density at radius 2 is 2.12 bits per heavy atom. The normalized spacial score (nSPS) is 9.76. The Balaban J connectivity index is 2.36. The lowest BCUT2D eigenvalue weighted by molar-refractivity contribution is 0.499. The van der Waals surface area contributed by atoms with Crippen LogP contribution in [0.15, 0.2) is 33.5 Å². The Morgan fingerprint density at radius 1 is 1.41 bits per heavy atom. The Morgan fingerprint density at radius 3 is 2.76 bits per heavy atom. The molecule has 1 aromatic carbocycles. The molecular weight excluding hydrogens is 331 g/mol. The van der Waals surface area contributed by atoms with E-state index in [0.29, 0.717) is 5.89 Å². The number of aryl methyl sites for hydroxylation is 1. The van der Waals surface area contributed by atoms with Gasteiger partial charge in [0, 0.05) is 28.2 Å². The summed E-state index contributed by atoms with van der Waals surface area (Å²) in [5.74, 6) is 2.59. The molecule has 0 N–H and O–H groups in total. The van der Waals surface area contributed by atoms with Crippen molar-refractivity contribution < 1.29 is 4.42 Å². The topological polar surface area (TPSA) is 48.0 Å². The molecule has 0 aliphatic rings. The van der Waals surface area contributed by atoms with Crippen LogP contribution in [0.4, 0.5) is 0 Å². The second-order valence-corrected chi connectivity index (χ2v) is 4.01. The lowest BCUT2D eigenvalue weighted by Gasteiger charge is -1.94. The molecule has 0 atom stereocenters. The molecule has 0 bridgehead atoms. The van der Waals surface area contributed by atoms with Crippen LogP contribution in [-0.4, -0.2) is 9.78 Å². The molecule has 0 saturated heterocycles. The van der Waals surface area contributed by atoms with Gasteiger partial charge in [0.2, 0.25) is 5.89 Å². The summed E-state index contributed by atoms with van der Waals surface area (Å²) in [6.45, 7) is 2.24. The molecule has 0 radical (unpaired) electrons. The molecule has 0 amide bonds. The largest absolute Gasteiger partial charge is 0.438 e. The van der Waals surface area contributed by atoms with E-state index in [1.165, 1.54) is 4.68 Å². The van der Waals surface area contributed by atoms with Gasteiger partial charge in [-0.3, -0.25) is 0 Å². The standard InChI is InChI=1S/C12H9IN2O2/c1-9-3-5-10(6-4-9)11-14-15(8-2-7-13)12(16)17-11/h3-6H,8H2,1H3. The van der Waals surface area contributed by atoms with Gasteiger partial charge in [-0.15, -0.1) is 5.10 Å². The van der Waals surface area contributed by atoms with E-state index >= 15 is 0 Å². The zero-order chi connectivity index (χ0) is 12.3. The van der Waals surface area contributed by atoms with Crippen LogP contribution in [-0.2, 0) is 6.54 Å². The van der Waals surface area contributed by atoms with Crippen LogP contribution in [0.3, 0.4) is 0 Å². The molecule has 2 rings (SSSR count). The predicted octanol–water partition coefficient (Wildman–Crippen LogP) is 2.21. The highest BCUT2D eigenvalue weighted by Gasteiger charge is 2.08. The average molecular weight is 340 g/mol. The predicted molar refractivity (Wildman–Crippen MR) is 72.7 cm³/mol. The summed E-state index contributed by atoms with van der Waals surface area (Å²) in [4.78, 5) is 11.4. The number of halogens is 1. The van der Waals surface area contributed by atoms with Gasteiger partial charge in [-0.1, -0.05) is 23.6 Å². The van der Waals surface area contributed by atoms with Crippen molar-refractivity contribution in [1.29, 1.82) is 0 Å². The van der Waals surface area contributed by atoms with Gasteiger partial charge in [0.25, 0.3) is 0 Å². The Kier molecular flexibility index (Phi) is 3.64. The molecule has 4 nitrogen and oxygen atoms in total. The molecule has 0 spiro atoms. The second-order valence-electron chi connectivity index (χ2n) is 3.47. The van der Waals surface area contributed by atoms with Crippen LogP contribution < -0.4 is 5.76 Å². The van der Waals surface area contributed by atoms with Crippen LogP contribution in [0.25, 0.3) is 11.5 Å². The monoisotopic (exact) mass is 340 g/mol. The Labute approximate surface area is 112 Å². The van der Waals surface area contributed by atoms with E-state index in [-0.39, 0.29) is 6.54 Å². The summed E-state index contributed by atoms with van der Waals surface area (Å²) in [6.07, 6.45) is 0. The van der Waals surface area contributed by atoms with Crippen LogP contribution in [0, 0.1) is 16.8 Å². The van der Waals surface area contributed by atoms with E-state index in [1.54, 1.807) is 0 Å². The quantitative estimate of drug-likeness (QED) is 0.622. The maximum Gasteiger partial charge on any atom is 0.438 e. The van der Waals surface area contributed by atoms with Gasteiger partial charge in [-0.25, -0.2) is 4.79 Å². The lowest BCUT2D eigenvalue weighted by atomic mass is 10.1. The third kappa shape index (κ3) is 2.77. The van der Waals surface area contributed by atoms with Gasteiger partial charge in [-0.2, -0.15) is 4.68 Å².